The molecule has 2 bridgehead atoms. The predicted octanol–water partition coefficient (Wildman–Crippen LogP) is 4.66. The first kappa shape index (κ1) is 21.2. The fraction of sp³-hybridized carbons (Fsp3) is 0.750. The van der Waals surface area contributed by atoms with E-state index in [2.05, 4.69) is 23.7 Å². The van der Waals surface area contributed by atoms with E-state index in [-0.39, 0.29) is 18.4 Å². The van der Waals surface area contributed by atoms with Gasteiger partial charge < -0.3 is 4.90 Å². The highest BCUT2D eigenvalue weighted by molar-refractivity contribution is 5.83. The largest absolute Gasteiger partial charge is 0.417 e. The molecule has 1 unspecified atom stereocenters. The lowest BCUT2D eigenvalue weighted by atomic mass is 9.73. The Morgan fingerprint density at radius 2 is 2.03 bits per heavy atom. The Morgan fingerprint density at radius 1 is 1.23 bits per heavy atom. The minimum Gasteiger partial charge on any atom is -0.337 e. The molecule has 0 aromatic carbocycles. The number of nitrogens with zero attached hydrogens (tertiary/aromatic N) is 3. The van der Waals surface area contributed by atoms with Gasteiger partial charge in [-0.2, -0.15) is 13.2 Å². The highest BCUT2D eigenvalue weighted by Gasteiger charge is 2.53. The zero-order valence-corrected chi connectivity index (χ0v) is 18.4. The van der Waals surface area contributed by atoms with Gasteiger partial charge in [-0.05, 0) is 62.0 Å². The average molecular weight is 436 g/mol. The van der Waals surface area contributed by atoms with E-state index < -0.39 is 17.2 Å². The number of hydrogen-bond acceptors (Lipinski definition) is 3. The maximum Gasteiger partial charge on any atom is 0.417 e. The van der Waals surface area contributed by atoms with Gasteiger partial charge in [0.25, 0.3) is 0 Å². The van der Waals surface area contributed by atoms with Crippen LogP contribution in [-0.2, 0) is 23.9 Å². The monoisotopic (exact) mass is 435 g/mol. The summed E-state index contributed by atoms with van der Waals surface area (Å²) in [4.78, 5) is 22.4. The van der Waals surface area contributed by atoms with Crippen molar-refractivity contribution in [3.05, 3.63) is 29.1 Å². The van der Waals surface area contributed by atoms with Crippen molar-refractivity contribution in [2.24, 2.45) is 17.3 Å². The molecule has 1 aromatic heterocycles. The highest BCUT2D eigenvalue weighted by Crippen LogP contribution is 2.51. The normalized spacial score (nSPS) is 33.4. The Morgan fingerprint density at radius 3 is 2.68 bits per heavy atom. The van der Waals surface area contributed by atoms with Crippen molar-refractivity contribution in [2.45, 2.75) is 83.6 Å². The van der Waals surface area contributed by atoms with Crippen molar-refractivity contribution in [1.29, 1.82) is 0 Å². The van der Waals surface area contributed by atoms with Crippen LogP contribution in [0.25, 0.3) is 0 Å². The number of rotatable bonds is 3. The molecule has 2 aliphatic heterocycles. The second-order valence-corrected chi connectivity index (χ2v) is 10.5. The number of carbonyl (C=O) groups is 1. The molecule has 4 nitrogen and oxygen atoms in total. The zero-order chi connectivity index (χ0) is 22.0. The molecule has 2 saturated carbocycles. The number of halogens is 3. The van der Waals surface area contributed by atoms with Crippen LogP contribution in [0.5, 0.6) is 0 Å². The number of likely N-dealkylation sites (tertiary alicyclic amines) is 1. The summed E-state index contributed by atoms with van der Waals surface area (Å²) in [5.74, 6) is 1.19. The molecule has 1 saturated heterocycles. The number of carbonyl (C=O) groups excluding carboxylic acids is 1. The predicted molar refractivity (Wildman–Crippen MR) is 111 cm³/mol. The van der Waals surface area contributed by atoms with Crippen molar-refractivity contribution in [2.75, 3.05) is 13.1 Å². The van der Waals surface area contributed by atoms with E-state index >= 15 is 0 Å². The first-order valence-electron chi connectivity index (χ1n) is 11.8. The highest BCUT2D eigenvalue weighted by atomic mass is 19.4. The first-order chi connectivity index (χ1) is 14.7. The van der Waals surface area contributed by atoms with Gasteiger partial charge in [0.15, 0.2) is 0 Å². The Labute approximate surface area is 182 Å². The molecule has 0 radical (unpaired) electrons. The quantitative estimate of drug-likeness (QED) is 0.693. The van der Waals surface area contributed by atoms with Crippen LogP contribution in [0.4, 0.5) is 13.2 Å². The third-order valence-corrected chi connectivity index (χ3v) is 8.63. The summed E-state index contributed by atoms with van der Waals surface area (Å²) in [6, 6.07) is 2.35. The van der Waals surface area contributed by atoms with Crippen LogP contribution in [0.3, 0.4) is 0 Å². The standard InChI is InChI=1S/C24H32F3N3O/c1-15(2)23(7-5-20(11-23)30-13-16-3-4-19(30)9-16)22(31)29-8-6-21-17(14-29)10-18(12-28-21)24(25,26)27/h10,12,15-16,19-20H,3-9,11,13-14H2,1-2H3/t16-,19+,20?,23+/m1/s1. The van der Waals surface area contributed by atoms with Crippen molar-refractivity contribution in [1.82, 2.24) is 14.8 Å². The summed E-state index contributed by atoms with van der Waals surface area (Å²) in [6.07, 6.45) is 3.80. The fourth-order valence-electron chi connectivity index (χ4n) is 6.78. The van der Waals surface area contributed by atoms with Gasteiger partial charge in [0, 0.05) is 50.0 Å². The van der Waals surface area contributed by atoms with Crippen LogP contribution in [0, 0.1) is 17.3 Å². The van der Waals surface area contributed by atoms with Crippen molar-refractivity contribution < 1.29 is 18.0 Å². The van der Waals surface area contributed by atoms with E-state index in [4.69, 9.17) is 0 Å². The molecule has 1 aromatic rings. The van der Waals surface area contributed by atoms with Crippen LogP contribution in [0.2, 0.25) is 0 Å². The summed E-state index contributed by atoms with van der Waals surface area (Å²) in [7, 11) is 0. The van der Waals surface area contributed by atoms with Gasteiger partial charge in [-0.25, -0.2) is 0 Å². The lowest BCUT2D eigenvalue weighted by molar-refractivity contribution is -0.146. The molecule has 0 N–H and O–H groups in total. The van der Waals surface area contributed by atoms with Crippen LogP contribution in [0.15, 0.2) is 12.3 Å². The van der Waals surface area contributed by atoms with Gasteiger partial charge in [0.05, 0.1) is 11.0 Å². The zero-order valence-electron chi connectivity index (χ0n) is 18.4. The van der Waals surface area contributed by atoms with Gasteiger partial charge in [0.2, 0.25) is 5.91 Å². The SMILES string of the molecule is CC(C)[C@]1(C(=O)N2CCc3ncc(C(F)(F)F)cc3C2)CCC(N2C[C@@H]3CC[C@H]2C3)C1. The number of hydrogen-bond donors (Lipinski definition) is 0. The number of alkyl halides is 3. The van der Waals surface area contributed by atoms with Crippen LogP contribution in [-0.4, -0.2) is 45.9 Å². The van der Waals surface area contributed by atoms with E-state index in [1.54, 1.807) is 0 Å². The molecule has 4 atom stereocenters. The van der Waals surface area contributed by atoms with Gasteiger partial charge in [-0.3, -0.25) is 14.7 Å². The van der Waals surface area contributed by atoms with E-state index in [1.165, 1.54) is 31.9 Å². The van der Waals surface area contributed by atoms with Crippen molar-refractivity contribution in [3.63, 3.8) is 0 Å². The lowest BCUT2D eigenvalue weighted by Gasteiger charge is -2.40. The van der Waals surface area contributed by atoms with Crippen LogP contribution >= 0.6 is 0 Å². The minimum absolute atomic E-state index is 0.136. The number of amides is 1. The van der Waals surface area contributed by atoms with Crippen LogP contribution in [0.1, 0.15) is 69.2 Å². The van der Waals surface area contributed by atoms with Gasteiger partial charge in [-0.15, -0.1) is 0 Å². The van der Waals surface area contributed by atoms with Crippen molar-refractivity contribution in [3.8, 4) is 0 Å². The molecule has 0 spiro atoms. The molecule has 3 fully saturated rings. The molecule has 7 heteroatoms. The maximum absolute atomic E-state index is 13.8. The minimum atomic E-state index is -4.42. The summed E-state index contributed by atoms with van der Waals surface area (Å²) >= 11 is 0. The molecular weight excluding hydrogens is 403 g/mol. The van der Waals surface area contributed by atoms with E-state index in [0.717, 1.165) is 31.4 Å². The van der Waals surface area contributed by atoms with Gasteiger partial charge >= 0.3 is 6.18 Å². The smallest absolute Gasteiger partial charge is 0.337 e. The molecule has 31 heavy (non-hydrogen) atoms. The Bertz CT molecular complexity index is 870. The number of piperidine rings is 1. The summed E-state index contributed by atoms with van der Waals surface area (Å²) in [5, 5.41) is 0. The van der Waals surface area contributed by atoms with Gasteiger partial charge in [-0.1, -0.05) is 13.8 Å². The average Bonchev–Trinajstić information content (AvgIpc) is 3.47. The first-order valence-corrected chi connectivity index (χ1v) is 11.8. The summed E-state index contributed by atoms with van der Waals surface area (Å²) in [6.45, 7) is 6.23. The van der Waals surface area contributed by atoms with Gasteiger partial charge in [0.1, 0.15) is 0 Å². The molecule has 3 heterocycles. The number of fused-ring (bicyclic) bond motifs is 3. The summed E-state index contributed by atoms with van der Waals surface area (Å²) in [5.41, 5.74) is 0.0934. The second kappa shape index (κ2) is 7.46. The fourth-order valence-corrected chi connectivity index (χ4v) is 6.78. The summed E-state index contributed by atoms with van der Waals surface area (Å²) < 4.78 is 39.5. The number of pyridine rings is 1. The lowest BCUT2D eigenvalue weighted by Crippen LogP contribution is -2.49. The topological polar surface area (TPSA) is 36.4 Å². The Kier molecular flexibility index (Phi) is 5.11. The second-order valence-electron chi connectivity index (χ2n) is 10.5. The van der Waals surface area contributed by atoms with E-state index in [9.17, 15) is 18.0 Å². The molecule has 2 aliphatic carbocycles. The maximum atomic E-state index is 13.8. The Hall–Kier alpha value is -1.63. The van der Waals surface area contributed by atoms with E-state index in [1.807, 2.05) is 4.90 Å². The third-order valence-electron chi connectivity index (χ3n) is 8.63. The number of aromatic nitrogens is 1. The van der Waals surface area contributed by atoms with Crippen molar-refractivity contribution >= 4 is 5.91 Å². The molecule has 4 aliphatic rings. The molecular formula is C24H32F3N3O. The van der Waals surface area contributed by atoms with E-state index in [0.29, 0.717) is 36.3 Å². The third kappa shape index (κ3) is 3.57. The molecule has 170 valence electrons. The molecule has 5 rings (SSSR count). The van der Waals surface area contributed by atoms with Crippen LogP contribution < -0.4 is 0 Å². The Balaban J connectivity index is 1.35. The molecule has 1 amide bonds.